The van der Waals surface area contributed by atoms with Crippen LogP contribution in [0.5, 0.6) is 0 Å². The van der Waals surface area contributed by atoms with Gasteiger partial charge in [0, 0.05) is 25.8 Å². The Bertz CT molecular complexity index is 188. The molecule has 0 aromatic carbocycles. The van der Waals surface area contributed by atoms with E-state index in [9.17, 15) is 9.90 Å². The van der Waals surface area contributed by atoms with Gasteiger partial charge >= 0.3 is 0 Å². The van der Waals surface area contributed by atoms with Gasteiger partial charge in [0.1, 0.15) is 0 Å². The van der Waals surface area contributed by atoms with Gasteiger partial charge in [-0.3, -0.25) is 10.7 Å². The van der Waals surface area contributed by atoms with Crippen LogP contribution in [-0.2, 0) is 30.6 Å². The summed E-state index contributed by atoms with van der Waals surface area (Å²) >= 11 is 0. The molecule has 0 aromatic rings. The van der Waals surface area contributed by atoms with Crippen LogP contribution in [-0.4, -0.2) is 11.1 Å². The minimum absolute atomic E-state index is 0. The van der Waals surface area contributed by atoms with Crippen LogP contribution in [0.25, 0.3) is 0 Å². The molecule has 0 fully saturated rings. The van der Waals surface area contributed by atoms with E-state index in [0.29, 0.717) is 6.42 Å². The van der Waals surface area contributed by atoms with Gasteiger partial charge in [-0.25, -0.2) is 0 Å². The summed E-state index contributed by atoms with van der Waals surface area (Å²) in [7, 11) is 0. The molecule has 1 N–H and O–H groups in total. The largest absolute Gasteiger partial charge is 0.503 e. The third-order valence-electron chi connectivity index (χ3n) is 3.61. The van der Waals surface area contributed by atoms with Crippen molar-refractivity contribution in [1.82, 2.24) is 0 Å². The van der Waals surface area contributed by atoms with E-state index in [1.807, 2.05) is 6.92 Å². The Hall–Kier alpha value is 0.210. The number of unbranched alkanes of at least 4 members (excludes halogenated alkanes) is 1. The molecule has 0 heterocycles. The van der Waals surface area contributed by atoms with Gasteiger partial charge in [-0.2, -0.15) is 6.42 Å². The summed E-state index contributed by atoms with van der Waals surface area (Å²) in [5.41, 5.74) is -0.0589. The van der Waals surface area contributed by atoms with Gasteiger partial charge in [0.25, 0.3) is 0 Å². The number of rotatable bonds is 8. The van der Waals surface area contributed by atoms with E-state index >= 15 is 0 Å². The monoisotopic (exact) mass is 393 g/mol. The fourth-order valence-electron chi connectivity index (χ4n) is 2.45. The summed E-state index contributed by atoms with van der Waals surface area (Å²) in [6.07, 6.45) is 5.83. The average Bonchev–Trinajstić information content (AvgIpc) is 2.24. The van der Waals surface area contributed by atoms with Crippen molar-refractivity contribution in [2.45, 2.75) is 66.2 Å². The number of carboxylic acids is 1. The van der Waals surface area contributed by atoms with Gasteiger partial charge in [0.05, 0.1) is 0 Å². The molecule has 0 aliphatic heterocycles. The van der Waals surface area contributed by atoms with Crippen LogP contribution < -0.4 is 0 Å². The summed E-state index contributed by atoms with van der Waals surface area (Å²) in [6, 6.07) is 0. The summed E-state index contributed by atoms with van der Waals surface area (Å²) in [5, 5.41) is 9.23. The van der Waals surface area contributed by atoms with E-state index in [2.05, 4.69) is 20.8 Å². The molecule has 2 nitrogen and oxygen atoms in total. The first-order valence-electron chi connectivity index (χ1n) is 6.17. The van der Waals surface area contributed by atoms with Gasteiger partial charge in [-0.15, -0.1) is 5.41 Å². The summed E-state index contributed by atoms with van der Waals surface area (Å²) < 4.78 is 0. The predicted octanol–water partition coefficient (Wildman–Crippen LogP) is 4.05. The van der Waals surface area contributed by atoms with Gasteiger partial charge in [0.15, 0.2) is 5.97 Å². The van der Waals surface area contributed by atoms with Crippen LogP contribution in [0.1, 0.15) is 66.2 Å². The minimum Gasteiger partial charge on any atom is -0.503 e. The van der Waals surface area contributed by atoms with E-state index in [1.54, 1.807) is 0 Å². The SMILES string of the molecule is CCCCC(CC)(CC)[C-](CC)C(=O)O.[Hf]. The second-order valence-corrected chi connectivity index (χ2v) is 4.23. The van der Waals surface area contributed by atoms with Crippen LogP contribution in [0.15, 0.2) is 0 Å². The Kier molecular flexibility index (Phi) is 10.8. The van der Waals surface area contributed by atoms with Crippen molar-refractivity contribution < 1.29 is 35.7 Å². The molecule has 0 atom stereocenters. The molecule has 0 aliphatic carbocycles. The molecule has 0 spiro atoms. The Morgan fingerprint density at radius 3 is 1.94 bits per heavy atom. The fraction of sp³-hybridized carbons (Fsp3) is 0.846. The maximum absolute atomic E-state index is 11.2. The Balaban J connectivity index is 0. The zero-order valence-electron chi connectivity index (χ0n) is 11.1. The maximum atomic E-state index is 11.2. The van der Waals surface area contributed by atoms with Crippen LogP contribution in [0.4, 0.5) is 0 Å². The predicted molar refractivity (Wildman–Crippen MR) is 63.7 cm³/mol. The van der Waals surface area contributed by atoms with E-state index in [1.165, 1.54) is 0 Å². The number of hydrogen-bond acceptors (Lipinski definition) is 1. The van der Waals surface area contributed by atoms with Crippen LogP contribution in [0.2, 0.25) is 0 Å². The summed E-state index contributed by atoms with van der Waals surface area (Å²) in [5.74, 6) is 0.0262. The van der Waals surface area contributed by atoms with Gasteiger partial charge < -0.3 is 5.11 Å². The topological polar surface area (TPSA) is 37.3 Å². The molecule has 16 heavy (non-hydrogen) atoms. The van der Waals surface area contributed by atoms with Crippen molar-refractivity contribution >= 4 is 5.97 Å². The van der Waals surface area contributed by atoms with Gasteiger partial charge in [0.2, 0.25) is 0 Å². The second-order valence-electron chi connectivity index (χ2n) is 4.23. The molecule has 0 amide bonds. The average molecular weight is 392 g/mol. The first kappa shape index (κ1) is 18.6. The van der Waals surface area contributed by atoms with E-state index in [4.69, 9.17) is 0 Å². The Morgan fingerprint density at radius 2 is 1.69 bits per heavy atom. The van der Waals surface area contributed by atoms with Crippen LogP contribution in [0, 0.1) is 11.3 Å². The van der Waals surface area contributed by atoms with Crippen molar-refractivity contribution in [3.8, 4) is 0 Å². The minimum atomic E-state index is -0.697. The first-order chi connectivity index (χ1) is 7.07. The van der Waals surface area contributed by atoms with Crippen LogP contribution in [0.3, 0.4) is 0 Å². The molecule has 0 rings (SSSR count). The van der Waals surface area contributed by atoms with E-state index in [0.717, 1.165) is 38.0 Å². The van der Waals surface area contributed by atoms with Crippen molar-refractivity contribution in [2.24, 2.45) is 5.41 Å². The van der Waals surface area contributed by atoms with Crippen molar-refractivity contribution in [2.75, 3.05) is 0 Å². The molecule has 0 aliphatic rings. The molecule has 0 unspecified atom stereocenters. The quantitative estimate of drug-likeness (QED) is 0.500. The molecular formula is C13H25HfO2-. The first-order valence-corrected chi connectivity index (χ1v) is 6.17. The molecular weight excluding hydrogens is 367 g/mol. The second kappa shape index (κ2) is 9.26. The van der Waals surface area contributed by atoms with Crippen molar-refractivity contribution in [3.63, 3.8) is 0 Å². The van der Waals surface area contributed by atoms with Gasteiger partial charge in [-0.05, 0) is 0 Å². The molecule has 3 heteroatoms. The third-order valence-corrected chi connectivity index (χ3v) is 3.61. The molecule has 0 saturated heterocycles. The number of aliphatic carboxylic acids is 1. The summed E-state index contributed by atoms with van der Waals surface area (Å²) in [6.45, 7) is 8.33. The van der Waals surface area contributed by atoms with Gasteiger partial charge in [-0.1, -0.05) is 59.8 Å². The normalized spacial score (nSPS) is 10.8. The van der Waals surface area contributed by atoms with E-state index in [-0.39, 0.29) is 31.3 Å². The molecule has 0 saturated carbocycles. The van der Waals surface area contributed by atoms with Crippen LogP contribution >= 0.6 is 0 Å². The maximum Gasteiger partial charge on any atom is 0.167 e. The number of carboxylic acid groups (broad SMARTS) is 1. The van der Waals surface area contributed by atoms with E-state index < -0.39 is 5.97 Å². The number of carbonyl (C=O) groups is 1. The smallest absolute Gasteiger partial charge is 0.167 e. The zero-order chi connectivity index (χ0) is 11.9. The molecule has 0 aromatic heterocycles. The molecule has 0 bridgehead atoms. The molecule has 94 valence electrons. The standard InChI is InChI=1S/C13H25O2.Hf/c1-5-9-10-13(7-3,8-4)11(6-2)12(14)15;/h5-10H2,1-4H3,(H,14,15);/q-1;. The fourth-order valence-corrected chi connectivity index (χ4v) is 2.45. The summed E-state index contributed by atoms with van der Waals surface area (Å²) in [4.78, 5) is 11.2. The Labute approximate surface area is 119 Å². The zero-order valence-corrected chi connectivity index (χ0v) is 14.7. The molecule has 0 radical (unpaired) electrons. The van der Waals surface area contributed by atoms with Crippen molar-refractivity contribution in [1.29, 1.82) is 0 Å². The Morgan fingerprint density at radius 1 is 1.19 bits per heavy atom. The third kappa shape index (κ3) is 4.60. The van der Waals surface area contributed by atoms with Crippen molar-refractivity contribution in [3.05, 3.63) is 5.92 Å². The number of hydrogen-bond donors (Lipinski definition) is 1.